The standard InChI is InChI=1S/C8H12F2N2O/c1-5-7(6(2)13-12-5)3-8(9,10)4-11/h3-4,11H2,1-2H3. The lowest BCUT2D eigenvalue weighted by Gasteiger charge is -2.12. The van der Waals surface area contributed by atoms with Crippen molar-refractivity contribution in [2.75, 3.05) is 6.54 Å². The van der Waals surface area contributed by atoms with Gasteiger partial charge in [0.05, 0.1) is 12.2 Å². The average Bonchev–Trinajstić information content (AvgIpc) is 2.36. The van der Waals surface area contributed by atoms with Crippen molar-refractivity contribution in [1.82, 2.24) is 5.16 Å². The van der Waals surface area contributed by atoms with Gasteiger partial charge in [-0.05, 0) is 13.8 Å². The number of nitrogens with zero attached hydrogens (tertiary/aromatic N) is 1. The molecule has 0 aliphatic carbocycles. The number of alkyl halides is 2. The van der Waals surface area contributed by atoms with Gasteiger partial charge < -0.3 is 10.3 Å². The minimum absolute atomic E-state index is 0.398. The number of nitrogens with two attached hydrogens (primary N) is 1. The van der Waals surface area contributed by atoms with Gasteiger partial charge in [-0.25, -0.2) is 8.78 Å². The zero-order chi connectivity index (χ0) is 10.1. The number of aromatic nitrogens is 1. The molecule has 0 spiro atoms. The van der Waals surface area contributed by atoms with E-state index >= 15 is 0 Å². The molecule has 74 valence electrons. The number of halogens is 2. The van der Waals surface area contributed by atoms with E-state index in [4.69, 9.17) is 10.3 Å². The third kappa shape index (κ3) is 2.24. The maximum absolute atomic E-state index is 12.9. The Morgan fingerprint density at radius 2 is 2.08 bits per heavy atom. The Hall–Kier alpha value is -0.970. The van der Waals surface area contributed by atoms with Crippen LogP contribution in [0.25, 0.3) is 0 Å². The predicted octanol–water partition coefficient (Wildman–Crippen LogP) is 1.43. The molecule has 0 saturated heterocycles. The zero-order valence-corrected chi connectivity index (χ0v) is 7.60. The van der Waals surface area contributed by atoms with Crippen LogP contribution in [0.4, 0.5) is 8.78 Å². The fourth-order valence-corrected chi connectivity index (χ4v) is 1.09. The second-order valence-corrected chi connectivity index (χ2v) is 3.04. The summed E-state index contributed by atoms with van der Waals surface area (Å²) in [6.07, 6.45) is -0.398. The second kappa shape index (κ2) is 3.41. The van der Waals surface area contributed by atoms with Crippen LogP contribution in [0.3, 0.4) is 0 Å². The quantitative estimate of drug-likeness (QED) is 0.784. The summed E-state index contributed by atoms with van der Waals surface area (Å²) in [4.78, 5) is 0. The smallest absolute Gasteiger partial charge is 0.264 e. The molecule has 0 amide bonds. The third-order valence-corrected chi connectivity index (χ3v) is 1.92. The van der Waals surface area contributed by atoms with Crippen molar-refractivity contribution in [2.24, 2.45) is 5.73 Å². The van der Waals surface area contributed by atoms with Crippen molar-refractivity contribution in [3.63, 3.8) is 0 Å². The van der Waals surface area contributed by atoms with E-state index in [2.05, 4.69) is 5.16 Å². The summed E-state index contributed by atoms with van der Waals surface area (Å²) < 4.78 is 30.5. The summed E-state index contributed by atoms with van der Waals surface area (Å²) in [5.41, 5.74) is 5.88. The number of rotatable bonds is 3. The Morgan fingerprint density at radius 1 is 1.46 bits per heavy atom. The zero-order valence-electron chi connectivity index (χ0n) is 7.60. The summed E-state index contributed by atoms with van der Waals surface area (Å²) >= 11 is 0. The van der Waals surface area contributed by atoms with Crippen molar-refractivity contribution in [3.8, 4) is 0 Å². The number of aryl methyl sites for hydroxylation is 2. The number of hydrogen-bond acceptors (Lipinski definition) is 3. The van der Waals surface area contributed by atoms with E-state index in [-0.39, 0.29) is 0 Å². The lowest BCUT2D eigenvalue weighted by molar-refractivity contribution is 0.0110. The molecule has 0 aliphatic heterocycles. The van der Waals surface area contributed by atoms with E-state index < -0.39 is 18.9 Å². The maximum Gasteiger partial charge on any atom is 0.264 e. The normalized spacial score (nSPS) is 12.1. The molecule has 5 heteroatoms. The molecule has 0 fully saturated rings. The van der Waals surface area contributed by atoms with Crippen molar-refractivity contribution in [3.05, 3.63) is 17.0 Å². The van der Waals surface area contributed by atoms with Gasteiger partial charge in [0.15, 0.2) is 0 Å². The third-order valence-electron chi connectivity index (χ3n) is 1.92. The monoisotopic (exact) mass is 190 g/mol. The van der Waals surface area contributed by atoms with Crippen LogP contribution in [-0.4, -0.2) is 17.6 Å². The van der Waals surface area contributed by atoms with Crippen molar-refractivity contribution >= 4 is 0 Å². The lowest BCUT2D eigenvalue weighted by Crippen LogP contribution is -2.30. The van der Waals surface area contributed by atoms with Gasteiger partial charge in [0, 0.05) is 12.0 Å². The van der Waals surface area contributed by atoms with E-state index in [0.29, 0.717) is 17.0 Å². The minimum atomic E-state index is -2.87. The van der Waals surface area contributed by atoms with Crippen molar-refractivity contribution in [2.45, 2.75) is 26.2 Å². The summed E-state index contributed by atoms with van der Waals surface area (Å²) in [6, 6.07) is 0. The molecule has 0 saturated carbocycles. The molecular weight excluding hydrogens is 178 g/mol. The van der Waals surface area contributed by atoms with E-state index in [9.17, 15) is 8.78 Å². The molecule has 0 unspecified atom stereocenters. The number of hydrogen-bond donors (Lipinski definition) is 1. The van der Waals surface area contributed by atoms with E-state index in [1.807, 2.05) is 0 Å². The van der Waals surface area contributed by atoms with E-state index in [0.717, 1.165) is 0 Å². The first-order valence-electron chi connectivity index (χ1n) is 3.96. The van der Waals surface area contributed by atoms with Crippen molar-refractivity contribution in [1.29, 1.82) is 0 Å². The molecular formula is C8H12F2N2O. The predicted molar refractivity (Wildman–Crippen MR) is 43.7 cm³/mol. The Balaban J connectivity index is 2.85. The van der Waals surface area contributed by atoms with Gasteiger partial charge in [-0.3, -0.25) is 0 Å². The van der Waals surface area contributed by atoms with Crippen LogP contribution in [-0.2, 0) is 6.42 Å². The molecule has 1 heterocycles. The maximum atomic E-state index is 12.9. The minimum Gasteiger partial charge on any atom is -0.361 e. The molecule has 1 aromatic rings. The van der Waals surface area contributed by atoms with Gasteiger partial charge in [0.1, 0.15) is 5.76 Å². The largest absolute Gasteiger partial charge is 0.361 e. The summed E-state index contributed by atoms with van der Waals surface area (Å²) in [7, 11) is 0. The SMILES string of the molecule is Cc1noc(C)c1CC(F)(F)CN. The highest BCUT2D eigenvalue weighted by Gasteiger charge is 2.30. The molecule has 0 radical (unpaired) electrons. The highest BCUT2D eigenvalue weighted by atomic mass is 19.3. The summed E-state index contributed by atoms with van der Waals surface area (Å²) in [6.45, 7) is 2.59. The second-order valence-electron chi connectivity index (χ2n) is 3.04. The summed E-state index contributed by atoms with van der Waals surface area (Å²) in [5, 5.41) is 3.59. The molecule has 0 aromatic carbocycles. The molecule has 0 aliphatic rings. The van der Waals surface area contributed by atoms with Crippen LogP contribution >= 0.6 is 0 Å². The summed E-state index contributed by atoms with van der Waals surface area (Å²) in [5.74, 6) is -2.44. The van der Waals surface area contributed by atoms with Gasteiger partial charge in [0.2, 0.25) is 0 Å². The highest BCUT2D eigenvalue weighted by Crippen LogP contribution is 2.23. The molecule has 1 aromatic heterocycles. The van der Waals surface area contributed by atoms with Gasteiger partial charge in [0.25, 0.3) is 5.92 Å². The van der Waals surface area contributed by atoms with Crippen LogP contribution in [0.2, 0.25) is 0 Å². The average molecular weight is 190 g/mol. The molecule has 0 bridgehead atoms. The Morgan fingerprint density at radius 3 is 2.46 bits per heavy atom. The molecule has 2 N–H and O–H groups in total. The first kappa shape index (κ1) is 10.1. The van der Waals surface area contributed by atoms with Gasteiger partial charge >= 0.3 is 0 Å². The fraction of sp³-hybridized carbons (Fsp3) is 0.625. The Bertz CT molecular complexity index is 277. The molecule has 0 atom stereocenters. The van der Waals surface area contributed by atoms with Crippen LogP contribution in [0.15, 0.2) is 4.52 Å². The first-order valence-corrected chi connectivity index (χ1v) is 3.96. The topological polar surface area (TPSA) is 52.0 Å². The van der Waals surface area contributed by atoms with Gasteiger partial charge in [-0.1, -0.05) is 5.16 Å². The van der Waals surface area contributed by atoms with Crippen LogP contribution in [0.1, 0.15) is 17.0 Å². The van der Waals surface area contributed by atoms with E-state index in [1.54, 1.807) is 13.8 Å². The molecule has 13 heavy (non-hydrogen) atoms. The Labute approximate surface area is 74.9 Å². The fourth-order valence-electron chi connectivity index (χ4n) is 1.09. The van der Waals surface area contributed by atoms with Gasteiger partial charge in [-0.2, -0.15) is 0 Å². The Kier molecular flexibility index (Phi) is 2.66. The lowest BCUT2D eigenvalue weighted by atomic mass is 10.1. The molecule has 1 rings (SSSR count). The van der Waals surface area contributed by atoms with Crippen LogP contribution < -0.4 is 5.73 Å². The van der Waals surface area contributed by atoms with Crippen LogP contribution in [0, 0.1) is 13.8 Å². The van der Waals surface area contributed by atoms with Crippen molar-refractivity contribution < 1.29 is 13.3 Å². The first-order chi connectivity index (χ1) is 5.96. The highest BCUT2D eigenvalue weighted by molar-refractivity contribution is 5.22. The van der Waals surface area contributed by atoms with Crippen LogP contribution in [0.5, 0.6) is 0 Å². The van der Waals surface area contributed by atoms with E-state index in [1.165, 1.54) is 0 Å². The molecule has 3 nitrogen and oxygen atoms in total. The van der Waals surface area contributed by atoms with Gasteiger partial charge in [-0.15, -0.1) is 0 Å².